The van der Waals surface area contributed by atoms with E-state index in [0.717, 1.165) is 26.1 Å². The largest absolute Gasteiger partial charge is 0.502 e. The molecule has 3 rings (SSSR count). The fourth-order valence-corrected chi connectivity index (χ4v) is 9.12. The van der Waals surface area contributed by atoms with Gasteiger partial charge >= 0.3 is 23.6 Å². The van der Waals surface area contributed by atoms with Crippen LogP contribution in [0.4, 0.5) is 0 Å². The zero-order valence-corrected chi connectivity index (χ0v) is 23.6. The van der Waals surface area contributed by atoms with Gasteiger partial charge < -0.3 is 36.0 Å². The molecule has 0 spiro atoms. The summed E-state index contributed by atoms with van der Waals surface area (Å²) in [5.41, 5.74) is 0.386. The minimum Gasteiger partial charge on any atom is -0.462 e. The third kappa shape index (κ3) is 9.08. The summed E-state index contributed by atoms with van der Waals surface area (Å²) in [6, 6.07) is 1.25. The summed E-state index contributed by atoms with van der Waals surface area (Å²) in [5, 5.41) is 0. The Morgan fingerprint density at radius 1 is 1.00 bits per heavy atom. The first-order chi connectivity index (χ1) is 16.2. The van der Waals surface area contributed by atoms with Crippen molar-refractivity contribution in [1.29, 1.82) is 0 Å². The Labute approximate surface area is 206 Å². The van der Waals surface area contributed by atoms with E-state index in [2.05, 4.69) is 11.5 Å². The molecule has 0 N–H and O–H groups in total. The van der Waals surface area contributed by atoms with Crippen molar-refractivity contribution in [3.8, 4) is 0 Å². The monoisotopic (exact) mass is 521 g/mol. The molecule has 3 heterocycles. The van der Waals surface area contributed by atoms with Gasteiger partial charge in [0.15, 0.2) is 0 Å². The fraction of sp³-hybridized carbons (Fsp3) is 0.864. The van der Waals surface area contributed by atoms with Crippen LogP contribution < -0.4 is 0 Å². The van der Waals surface area contributed by atoms with Crippen molar-refractivity contribution in [3.63, 3.8) is 0 Å². The fourth-order valence-electron chi connectivity index (χ4n) is 4.30. The van der Waals surface area contributed by atoms with Gasteiger partial charge in [-0.15, -0.1) is 0 Å². The lowest BCUT2D eigenvalue weighted by atomic mass is 10.2. The molecule has 0 aromatic heterocycles. The molecule has 3 atom stereocenters. The number of carbonyl (C=O) groups is 1. The van der Waals surface area contributed by atoms with Crippen molar-refractivity contribution in [3.05, 3.63) is 12.2 Å². The maximum Gasteiger partial charge on any atom is 0.502 e. The molecular weight excluding hydrogens is 478 g/mol. The smallest absolute Gasteiger partial charge is 0.462 e. The standard InChI is InChI=1S/C22H43NO9Si2/c1-18(2)22(24)29-11-9-13-34-30-19(3)14-23(15-20(4)31-34)16-21(32-34)17-28-10-8-12-33(25-5,26-6)27-7/h19-21H,1,8-17H2,2-7H3. The Morgan fingerprint density at radius 2 is 1.62 bits per heavy atom. The van der Waals surface area contributed by atoms with Crippen molar-refractivity contribution in [2.24, 2.45) is 0 Å². The maximum atomic E-state index is 11.7. The normalized spacial score (nSPS) is 29.8. The predicted molar refractivity (Wildman–Crippen MR) is 130 cm³/mol. The lowest BCUT2D eigenvalue weighted by Crippen LogP contribution is -2.62. The number of hydrogen-bond donors (Lipinski definition) is 0. The topological polar surface area (TPSA) is 94.2 Å². The quantitative estimate of drug-likeness (QED) is 0.147. The van der Waals surface area contributed by atoms with E-state index in [1.54, 1.807) is 28.3 Å². The molecule has 12 heteroatoms. The highest BCUT2D eigenvalue weighted by atomic mass is 28.4. The molecule has 3 aliphatic rings. The number of esters is 1. The van der Waals surface area contributed by atoms with Crippen molar-refractivity contribution >= 4 is 23.6 Å². The number of rotatable bonds is 14. The van der Waals surface area contributed by atoms with Gasteiger partial charge in [0.2, 0.25) is 0 Å². The van der Waals surface area contributed by atoms with Crippen LogP contribution in [-0.2, 0) is 40.8 Å². The molecule has 34 heavy (non-hydrogen) atoms. The Balaban J connectivity index is 1.94. The van der Waals surface area contributed by atoms with Crippen LogP contribution >= 0.6 is 0 Å². The maximum absolute atomic E-state index is 11.7. The van der Waals surface area contributed by atoms with Crippen molar-refractivity contribution in [1.82, 2.24) is 4.90 Å². The van der Waals surface area contributed by atoms with Gasteiger partial charge in [-0.1, -0.05) is 6.58 Å². The van der Waals surface area contributed by atoms with Gasteiger partial charge in [-0.2, -0.15) is 0 Å². The van der Waals surface area contributed by atoms with Crippen LogP contribution in [0.5, 0.6) is 0 Å². The Kier molecular flexibility index (Phi) is 12.3. The number of nitrogens with zero attached hydrogens (tertiary/aromatic N) is 1. The molecule has 3 fully saturated rings. The van der Waals surface area contributed by atoms with E-state index < -0.39 is 17.6 Å². The SMILES string of the molecule is C=C(C)C(=O)OCCC[Si]12OC(C)CN(CC(C)O1)CC(COCCC[Si](OC)(OC)OC)O2. The highest BCUT2D eigenvalue weighted by Gasteiger charge is 2.49. The van der Waals surface area contributed by atoms with E-state index in [1.807, 2.05) is 13.8 Å². The highest BCUT2D eigenvalue weighted by molar-refractivity contribution is 6.61. The number of fused-ring (bicyclic) bond motifs is 6. The molecule has 3 saturated heterocycles. The summed E-state index contributed by atoms with van der Waals surface area (Å²) >= 11 is 0. The minimum absolute atomic E-state index is 0.00535. The molecule has 2 bridgehead atoms. The minimum atomic E-state index is -3.01. The molecule has 0 amide bonds. The number of hydrogen-bond acceptors (Lipinski definition) is 10. The molecule has 0 radical (unpaired) electrons. The van der Waals surface area contributed by atoms with E-state index in [0.29, 0.717) is 37.3 Å². The van der Waals surface area contributed by atoms with Gasteiger partial charge in [0.1, 0.15) is 0 Å². The van der Waals surface area contributed by atoms with Gasteiger partial charge in [-0.05, 0) is 33.6 Å². The highest BCUT2D eigenvalue weighted by Crippen LogP contribution is 2.29. The van der Waals surface area contributed by atoms with E-state index in [1.165, 1.54) is 0 Å². The second-order valence-corrected chi connectivity index (χ2v) is 14.7. The van der Waals surface area contributed by atoms with Crippen LogP contribution in [0.3, 0.4) is 0 Å². The molecule has 0 saturated carbocycles. The summed E-state index contributed by atoms with van der Waals surface area (Å²) < 4.78 is 47.0. The summed E-state index contributed by atoms with van der Waals surface area (Å²) in [6.07, 6.45) is 1.18. The lowest BCUT2D eigenvalue weighted by molar-refractivity contribution is -0.139. The molecule has 0 aliphatic carbocycles. The van der Waals surface area contributed by atoms with Crippen molar-refractivity contribution < 1.29 is 40.8 Å². The van der Waals surface area contributed by atoms with Gasteiger partial charge in [-0.3, -0.25) is 4.90 Å². The van der Waals surface area contributed by atoms with Crippen molar-refractivity contribution in [2.75, 3.05) is 60.8 Å². The molecule has 0 aromatic carbocycles. The number of ether oxygens (including phenoxy) is 2. The zero-order valence-electron chi connectivity index (χ0n) is 21.6. The van der Waals surface area contributed by atoms with E-state index in [-0.39, 0.29) is 30.9 Å². The summed E-state index contributed by atoms with van der Waals surface area (Å²) in [4.78, 5) is 14.0. The summed E-state index contributed by atoms with van der Waals surface area (Å²) in [6.45, 7) is 13.0. The Morgan fingerprint density at radius 3 is 2.18 bits per heavy atom. The molecule has 0 aromatic rings. The van der Waals surface area contributed by atoms with Crippen LogP contribution in [0.2, 0.25) is 12.1 Å². The average molecular weight is 522 g/mol. The Bertz CT molecular complexity index is 628. The second kappa shape index (κ2) is 14.2. The molecule has 3 aliphatic heterocycles. The zero-order chi connectivity index (χ0) is 25.2. The van der Waals surface area contributed by atoms with Crippen molar-refractivity contribution in [2.45, 2.75) is 64.0 Å². The molecular formula is C22H43NO9Si2. The van der Waals surface area contributed by atoms with Gasteiger partial charge in [-0.25, -0.2) is 4.79 Å². The van der Waals surface area contributed by atoms with E-state index in [4.69, 9.17) is 36.0 Å². The third-order valence-corrected chi connectivity index (χ3v) is 11.8. The van der Waals surface area contributed by atoms with Crippen LogP contribution in [0, 0.1) is 0 Å². The average Bonchev–Trinajstić information content (AvgIpc) is 2.76. The van der Waals surface area contributed by atoms with Gasteiger partial charge in [0.05, 0.1) is 31.5 Å². The lowest BCUT2D eigenvalue weighted by Gasteiger charge is -2.46. The van der Waals surface area contributed by atoms with Crippen LogP contribution in [0.15, 0.2) is 12.2 Å². The number of carbonyl (C=O) groups excluding carboxylic acids is 1. The molecule has 10 nitrogen and oxygen atoms in total. The van der Waals surface area contributed by atoms with E-state index >= 15 is 0 Å². The third-order valence-electron chi connectivity index (χ3n) is 5.82. The summed E-state index contributed by atoms with van der Waals surface area (Å²) in [5.74, 6) is -0.386. The first-order valence-electron chi connectivity index (χ1n) is 12.0. The first-order valence-corrected chi connectivity index (χ1v) is 15.8. The summed E-state index contributed by atoms with van der Waals surface area (Å²) in [7, 11) is -0.764. The first kappa shape index (κ1) is 29.6. The van der Waals surface area contributed by atoms with Crippen LogP contribution in [0.1, 0.15) is 33.6 Å². The Hall–Kier alpha value is -0.676. The van der Waals surface area contributed by atoms with Crippen LogP contribution in [-0.4, -0.2) is 108 Å². The van der Waals surface area contributed by atoms with Crippen LogP contribution in [0.25, 0.3) is 0 Å². The molecule has 3 unspecified atom stereocenters. The van der Waals surface area contributed by atoms with Gasteiger partial charge in [0.25, 0.3) is 0 Å². The second-order valence-electron chi connectivity index (χ2n) is 8.99. The van der Waals surface area contributed by atoms with Gasteiger partial charge in [0, 0.05) is 65.2 Å². The van der Waals surface area contributed by atoms with E-state index in [9.17, 15) is 4.79 Å². The predicted octanol–water partition coefficient (Wildman–Crippen LogP) is 2.24. The molecule has 198 valence electrons.